The highest BCUT2D eigenvalue weighted by molar-refractivity contribution is 7.15. The summed E-state index contributed by atoms with van der Waals surface area (Å²) in [6.07, 6.45) is -0.0881. The van der Waals surface area contributed by atoms with E-state index in [0.29, 0.717) is 29.7 Å². The van der Waals surface area contributed by atoms with Gasteiger partial charge in [-0.1, -0.05) is 0 Å². The van der Waals surface area contributed by atoms with Gasteiger partial charge in [-0.3, -0.25) is 10.2 Å². The molecule has 2 atom stereocenters. The maximum atomic E-state index is 13.3. The summed E-state index contributed by atoms with van der Waals surface area (Å²) in [5.41, 5.74) is 0.847. The van der Waals surface area contributed by atoms with Crippen LogP contribution in [-0.4, -0.2) is 54.4 Å². The minimum atomic E-state index is -4.21. The number of anilines is 4. The minimum Gasteiger partial charge on any atom is -0.366 e. The van der Waals surface area contributed by atoms with Crippen molar-refractivity contribution < 1.29 is 18.0 Å². The smallest absolute Gasteiger partial charge is 0.366 e. The SMILES string of the molecule is Cc1cnc(NC(=O)N2c3nc(N4CCCC(C(F)(F)F)C4)ccc3N3CCCC2C3)s1. The summed E-state index contributed by atoms with van der Waals surface area (Å²) >= 11 is 1.40. The first-order valence-corrected chi connectivity index (χ1v) is 11.7. The van der Waals surface area contributed by atoms with Crippen molar-refractivity contribution in [2.24, 2.45) is 5.92 Å². The van der Waals surface area contributed by atoms with Gasteiger partial charge >= 0.3 is 12.2 Å². The molecular formula is C21H25F3N6OS. The normalized spacial score (nSPS) is 23.2. The van der Waals surface area contributed by atoms with Gasteiger partial charge in [0.25, 0.3) is 0 Å². The lowest BCUT2D eigenvalue weighted by molar-refractivity contribution is -0.176. The van der Waals surface area contributed by atoms with Crippen LogP contribution >= 0.6 is 11.3 Å². The van der Waals surface area contributed by atoms with E-state index in [9.17, 15) is 18.0 Å². The fourth-order valence-electron chi connectivity index (χ4n) is 4.87. The molecule has 2 saturated heterocycles. The molecule has 2 bridgehead atoms. The minimum absolute atomic E-state index is 0.0376. The third-order valence-corrected chi connectivity index (χ3v) is 7.26. The van der Waals surface area contributed by atoms with Gasteiger partial charge in [0.1, 0.15) is 5.82 Å². The number of aromatic nitrogens is 2. The van der Waals surface area contributed by atoms with Gasteiger partial charge in [0.2, 0.25) is 0 Å². The van der Waals surface area contributed by atoms with Crippen molar-refractivity contribution >= 4 is 39.8 Å². The molecule has 11 heteroatoms. The highest BCUT2D eigenvalue weighted by Crippen LogP contribution is 2.41. The van der Waals surface area contributed by atoms with Crippen molar-refractivity contribution in [2.45, 2.75) is 44.8 Å². The van der Waals surface area contributed by atoms with Crippen LogP contribution in [0.1, 0.15) is 30.6 Å². The lowest BCUT2D eigenvalue weighted by Crippen LogP contribution is -2.56. The molecule has 3 aliphatic rings. The molecule has 2 aromatic rings. The fraction of sp³-hybridized carbons (Fsp3) is 0.571. The third-order valence-electron chi connectivity index (χ3n) is 6.43. The van der Waals surface area contributed by atoms with Crippen LogP contribution in [0.3, 0.4) is 0 Å². The number of urea groups is 1. The Kier molecular flexibility index (Phi) is 5.39. The number of nitrogens with zero attached hydrogens (tertiary/aromatic N) is 5. The van der Waals surface area contributed by atoms with Crippen LogP contribution in [0.5, 0.6) is 0 Å². The Hall–Kier alpha value is -2.56. The topological polar surface area (TPSA) is 64.6 Å². The molecule has 0 aromatic carbocycles. The third kappa shape index (κ3) is 3.98. The molecule has 5 rings (SSSR count). The van der Waals surface area contributed by atoms with E-state index in [-0.39, 0.29) is 25.0 Å². The molecule has 0 spiro atoms. The number of pyridine rings is 1. The number of carbonyl (C=O) groups is 1. The first-order chi connectivity index (χ1) is 15.3. The number of rotatable bonds is 2. The van der Waals surface area contributed by atoms with Crippen LogP contribution in [-0.2, 0) is 0 Å². The number of hydrogen-bond acceptors (Lipinski definition) is 6. The highest BCUT2D eigenvalue weighted by Gasteiger charge is 2.43. The molecule has 3 aliphatic heterocycles. The fourth-order valence-corrected chi connectivity index (χ4v) is 5.52. The largest absolute Gasteiger partial charge is 0.393 e. The predicted molar refractivity (Wildman–Crippen MR) is 119 cm³/mol. The van der Waals surface area contributed by atoms with Crippen molar-refractivity contribution in [3.05, 3.63) is 23.2 Å². The van der Waals surface area contributed by atoms with E-state index in [1.807, 2.05) is 13.0 Å². The molecule has 2 aromatic heterocycles. The maximum Gasteiger partial charge on any atom is 0.393 e. The van der Waals surface area contributed by atoms with Gasteiger partial charge in [-0.25, -0.2) is 14.8 Å². The summed E-state index contributed by atoms with van der Waals surface area (Å²) in [6, 6.07) is 3.34. The zero-order valence-corrected chi connectivity index (χ0v) is 18.5. The first kappa shape index (κ1) is 21.3. The van der Waals surface area contributed by atoms with E-state index in [0.717, 1.165) is 36.5 Å². The lowest BCUT2D eigenvalue weighted by Gasteiger charge is -2.46. The second-order valence-corrected chi connectivity index (χ2v) is 9.89. The van der Waals surface area contributed by atoms with Crippen molar-refractivity contribution in [3.63, 3.8) is 0 Å². The van der Waals surface area contributed by atoms with Crippen molar-refractivity contribution in [1.29, 1.82) is 0 Å². The first-order valence-electron chi connectivity index (χ1n) is 10.9. The van der Waals surface area contributed by atoms with Crippen molar-refractivity contribution in [2.75, 3.05) is 46.2 Å². The Morgan fingerprint density at radius 2 is 1.94 bits per heavy atom. The molecule has 2 unspecified atom stereocenters. The Bertz CT molecular complexity index is 1010. The number of hydrogen-bond donors (Lipinski definition) is 1. The number of nitrogens with one attached hydrogen (secondary N) is 1. The average Bonchev–Trinajstić information content (AvgIpc) is 3.17. The van der Waals surface area contributed by atoms with E-state index < -0.39 is 12.1 Å². The van der Waals surface area contributed by atoms with Gasteiger partial charge in [-0.15, -0.1) is 11.3 Å². The molecule has 172 valence electrons. The Morgan fingerprint density at radius 1 is 1.16 bits per heavy atom. The van der Waals surface area contributed by atoms with Crippen LogP contribution in [0, 0.1) is 12.8 Å². The molecule has 0 saturated carbocycles. The molecule has 0 radical (unpaired) electrons. The van der Waals surface area contributed by atoms with Crippen molar-refractivity contribution in [1.82, 2.24) is 9.97 Å². The van der Waals surface area contributed by atoms with E-state index in [1.165, 1.54) is 11.3 Å². The monoisotopic (exact) mass is 466 g/mol. The second kappa shape index (κ2) is 8.09. The number of alkyl halides is 3. The number of fused-ring (bicyclic) bond motifs is 4. The van der Waals surface area contributed by atoms with Gasteiger partial charge in [0.15, 0.2) is 10.9 Å². The molecule has 1 N–H and O–H groups in total. The Morgan fingerprint density at radius 3 is 2.69 bits per heavy atom. The van der Waals surface area contributed by atoms with Gasteiger partial charge in [-0.2, -0.15) is 13.2 Å². The molecule has 5 heterocycles. The van der Waals surface area contributed by atoms with Crippen LogP contribution < -0.4 is 20.0 Å². The quantitative estimate of drug-likeness (QED) is 0.698. The average molecular weight is 467 g/mol. The number of thiazole rings is 1. The highest BCUT2D eigenvalue weighted by atomic mass is 32.1. The number of carbonyl (C=O) groups excluding carboxylic acids is 1. The number of aryl methyl sites for hydroxylation is 1. The predicted octanol–water partition coefficient (Wildman–Crippen LogP) is 4.65. The summed E-state index contributed by atoms with van der Waals surface area (Å²) in [7, 11) is 0. The number of piperidine rings is 2. The second-order valence-electron chi connectivity index (χ2n) is 8.66. The van der Waals surface area contributed by atoms with Gasteiger partial charge in [0, 0.05) is 37.3 Å². The van der Waals surface area contributed by atoms with Crippen LogP contribution in [0.15, 0.2) is 18.3 Å². The van der Waals surface area contributed by atoms with Crippen LogP contribution in [0.25, 0.3) is 0 Å². The standard InChI is InChI=1S/C21H25F3N6OS/c1-13-10-25-19(32-13)27-20(31)30-15-5-3-8-28(12-15)16-6-7-17(26-18(16)30)29-9-2-4-14(11-29)21(22,23)24/h6-7,10,14-15H,2-5,8-9,11-12H2,1H3,(H,25,27,31). The van der Waals surface area contributed by atoms with E-state index in [1.54, 1.807) is 22.1 Å². The van der Waals surface area contributed by atoms with Crippen molar-refractivity contribution in [3.8, 4) is 0 Å². The summed E-state index contributed by atoms with van der Waals surface area (Å²) in [6.45, 7) is 3.94. The van der Waals surface area contributed by atoms with E-state index in [4.69, 9.17) is 4.98 Å². The van der Waals surface area contributed by atoms with Crippen LogP contribution in [0.4, 0.5) is 40.4 Å². The zero-order valence-electron chi connectivity index (χ0n) is 17.7. The molecular weight excluding hydrogens is 441 g/mol. The van der Waals surface area contributed by atoms with E-state index >= 15 is 0 Å². The molecule has 7 nitrogen and oxygen atoms in total. The number of amides is 2. The molecule has 0 aliphatic carbocycles. The lowest BCUT2D eigenvalue weighted by atomic mass is 9.97. The van der Waals surface area contributed by atoms with Gasteiger partial charge in [0.05, 0.1) is 17.6 Å². The van der Waals surface area contributed by atoms with Crippen LogP contribution in [0.2, 0.25) is 0 Å². The Labute approximate surface area is 188 Å². The molecule has 2 fully saturated rings. The number of halogens is 3. The summed E-state index contributed by atoms with van der Waals surface area (Å²) < 4.78 is 39.9. The molecule has 2 amide bonds. The van der Waals surface area contributed by atoms with Gasteiger partial charge in [-0.05, 0) is 44.7 Å². The summed E-state index contributed by atoms with van der Waals surface area (Å²) in [5, 5.41) is 3.40. The van der Waals surface area contributed by atoms with Gasteiger partial charge < -0.3 is 9.80 Å². The summed E-state index contributed by atoms with van der Waals surface area (Å²) in [4.78, 5) is 28.8. The molecule has 32 heavy (non-hydrogen) atoms. The summed E-state index contributed by atoms with van der Waals surface area (Å²) in [5.74, 6) is -0.357. The zero-order chi connectivity index (χ0) is 22.5. The maximum absolute atomic E-state index is 13.3. The Balaban J connectivity index is 1.46. The van der Waals surface area contributed by atoms with E-state index in [2.05, 4.69) is 15.2 Å².